The van der Waals surface area contributed by atoms with Crippen molar-refractivity contribution in [3.8, 4) is 0 Å². The SMILES string of the molecule is CCNC(=NCc1ccc(Cl)cc1)NCCN1CCN(c2ncccn2)CC1.I. The highest BCUT2D eigenvalue weighted by atomic mass is 127. The van der Waals surface area contributed by atoms with Crippen molar-refractivity contribution < 1.29 is 0 Å². The molecule has 2 aromatic rings. The van der Waals surface area contributed by atoms with E-state index >= 15 is 0 Å². The highest BCUT2D eigenvalue weighted by Crippen LogP contribution is 2.10. The predicted octanol–water partition coefficient (Wildman–Crippen LogP) is 2.63. The summed E-state index contributed by atoms with van der Waals surface area (Å²) in [5, 5.41) is 7.47. The summed E-state index contributed by atoms with van der Waals surface area (Å²) in [7, 11) is 0. The molecule has 0 unspecified atom stereocenters. The molecule has 1 aliphatic heterocycles. The van der Waals surface area contributed by atoms with Gasteiger partial charge < -0.3 is 15.5 Å². The number of benzene rings is 1. The Morgan fingerprint density at radius 2 is 1.76 bits per heavy atom. The quantitative estimate of drug-likeness (QED) is 0.327. The van der Waals surface area contributed by atoms with E-state index in [1.54, 1.807) is 12.4 Å². The minimum absolute atomic E-state index is 0. The summed E-state index contributed by atoms with van der Waals surface area (Å²) in [5.41, 5.74) is 1.14. The zero-order valence-corrected chi connectivity index (χ0v) is 19.8. The molecule has 0 spiro atoms. The Hall–Kier alpha value is -1.65. The Kier molecular flexibility index (Phi) is 10.4. The average molecular weight is 530 g/mol. The van der Waals surface area contributed by atoms with Gasteiger partial charge in [0.05, 0.1) is 6.54 Å². The summed E-state index contributed by atoms with van der Waals surface area (Å²) in [5.74, 6) is 1.66. The number of nitrogens with one attached hydrogen (secondary N) is 2. The van der Waals surface area contributed by atoms with Gasteiger partial charge in [-0.15, -0.1) is 24.0 Å². The second-order valence-electron chi connectivity index (χ2n) is 6.63. The molecule has 0 bridgehead atoms. The van der Waals surface area contributed by atoms with Crippen LogP contribution in [0.25, 0.3) is 0 Å². The lowest BCUT2D eigenvalue weighted by Gasteiger charge is -2.34. The highest BCUT2D eigenvalue weighted by molar-refractivity contribution is 14.0. The van der Waals surface area contributed by atoms with Crippen LogP contribution in [-0.2, 0) is 6.54 Å². The number of aromatic nitrogens is 2. The Balaban J connectivity index is 0.00000300. The van der Waals surface area contributed by atoms with Gasteiger partial charge in [0.25, 0.3) is 0 Å². The molecule has 1 aromatic carbocycles. The fourth-order valence-corrected chi connectivity index (χ4v) is 3.19. The van der Waals surface area contributed by atoms with E-state index in [4.69, 9.17) is 11.6 Å². The fourth-order valence-electron chi connectivity index (χ4n) is 3.06. The van der Waals surface area contributed by atoms with E-state index in [2.05, 4.69) is 42.3 Å². The summed E-state index contributed by atoms with van der Waals surface area (Å²) >= 11 is 5.94. The monoisotopic (exact) mass is 529 g/mol. The van der Waals surface area contributed by atoms with Gasteiger partial charge in [-0.3, -0.25) is 4.90 Å². The van der Waals surface area contributed by atoms with Crippen LogP contribution in [0.5, 0.6) is 0 Å². The molecule has 9 heteroatoms. The lowest BCUT2D eigenvalue weighted by Crippen LogP contribution is -2.49. The average Bonchev–Trinajstić information content (AvgIpc) is 2.74. The molecule has 0 atom stereocenters. The molecule has 1 aliphatic rings. The number of hydrogen-bond acceptors (Lipinski definition) is 5. The van der Waals surface area contributed by atoms with Crippen LogP contribution in [0.4, 0.5) is 5.95 Å². The number of guanidine groups is 1. The molecule has 1 aromatic heterocycles. The molecule has 7 nitrogen and oxygen atoms in total. The van der Waals surface area contributed by atoms with Crippen LogP contribution in [0.3, 0.4) is 0 Å². The van der Waals surface area contributed by atoms with Crippen molar-refractivity contribution >= 4 is 47.5 Å². The lowest BCUT2D eigenvalue weighted by molar-refractivity contribution is 0.260. The van der Waals surface area contributed by atoms with Crippen LogP contribution in [0, 0.1) is 0 Å². The van der Waals surface area contributed by atoms with E-state index in [9.17, 15) is 0 Å². The number of nitrogens with zero attached hydrogens (tertiary/aromatic N) is 5. The number of halogens is 2. The number of rotatable bonds is 7. The van der Waals surface area contributed by atoms with Gasteiger partial charge in [0.2, 0.25) is 5.95 Å². The van der Waals surface area contributed by atoms with Gasteiger partial charge in [0, 0.05) is 63.2 Å². The molecule has 0 radical (unpaired) electrons. The topological polar surface area (TPSA) is 68.7 Å². The zero-order chi connectivity index (χ0) is 19.6. The Bertz CT molecular complexity index is 734. The van der Waals surface area contributed by atoms with Crippen LogP contribution < -0.4 is 15.5 Å². The van der Waals surface area contributed by atoms with Crippen molar-refractivity contribution in [3.63, 3.8) is 0 Å². The molecule has 3 rings (SSSR count). The second kappa shape index (κ2) is 12.8. The van der Waals surface area contributed by atoms with E-state index in [0.717, 1.165) is 68.3 Å². The fraction of sp³-hybridized carbons (Fsp3) is 0.450. The standard InChI is InChI=1S/C20H28ClN7.HI/c1-2-22-19(26-16-17-4-6-18(21)7-5-17)23-10-11-27-12-14-28(15-13-27)20-24-8-3-9-25-20;/h3-9H,2,10-16H2,1H3,(H2,22,23,26);1H. The summed E-state index contributed by atoms with van der Waals surface area (Å²) in [6.07, 6.45) is 3.59. The summed E-state index contributed by atoms with van der Waals surface area (Å²) in [6, 6.07) is 9.65. The lowest BCUT2D eigenvalue weighted by atomic mass is 10.2. The van der Waals surface area contributed by atoms with Gasteiger partial charge in [-0.25, -0.2) is 15.0 Å². The maximum Gasteiger partial charge on any atom is 0.225 e. The largest absolute Gasteiger partial charge is 0.357 e. The highest BCUT2D eigenvalue weighted by Gasteiger charge is 2.18. The smallest absolute Gasteiger partial charge is 0.225 e. The molecular weight excluding hydrogens is 501 g/mol. The number of hydrogen-bond donors (Lipinski definition) is 2. The maximum atomic E-state index is 5.94. The summed E-state index contributed by atoms with van der Waals surface area (Å²) in [4.78, 5) is 18.0. The molecule has 1 fully saturated rings. The van der Waals surface area contributed by atoms with Crippen LogP contribution >= 0.6 is 35.6 Å². The maximum absolute atomic E-state index is 5.94. The first-order chi connectivity index (χ1) is 13.7. The third-order valence-corrected chi connectivity index (χ3v) is 4.86. The molecule has 0 amide bonds. The van der Waals surface area contributed by atoms with E-state index in [-0.39, 0.29) is 24.0 Å². The molecule has 158 valence electrons. The van der Waals surface area contributed by atoms with E-state index in [1.807, 2.05) is 30.3 Å². The third-order valence-electron chi connectivity index (χ3n) is 4.60. The van der Waals surface area contributed by atoms with Gasteiger partial charge in [0.15, 0.2) is 5.96 Å². The molecule has 29 heavy (non-hydrogen) atoms. The third kappa shape index (κ3) is 7.94. The normalized spacial score (nSPS) is 15.0. The molecule has 2 N–H and O–H groups in total. The summed E-state index contributed by atoms with van der Waals surface area (Å²) in [6.45, 7) is 9.30. The minimum Gasteiger partial charge on any atom is -0.357 e. The van der Waals surface area contributed by atoms with E-state index in [0.29, 0.717) is 6.54 Å². The Labute approximate surface area is 195 Å². The van der Waals surface area contributed by atoms with Gasteiger partial charge in [0.1, 0.15) is 0 Å². The molecule has 0 aliphatic carbocycles. The van der Waals surface area contributed by atoms with Crippen molar-refractivity contribution in [2.75, 3.05) is 50.7 Å². The molecule has 1 saturated heterocycles. The van der Waals surface area contributed by atoms with Gasteiger partial charge in [-0.1, -0.05) is 23.7 Å². The predicted molar refractivity (Wildman–Crippen MR) is 130 cm³/mol. The van der Waals surface area contributed by atoms with Crippen LogP contribution in [0.15, 0.2) is 47.7 Å². The minimum atomic E-state index is 0. The molecule has 2 heterocycles. The van der Waals surface area contributed by atoms with Crippen LogP contribution in [0.2, 0.25) is 5.02 Å². The first-order valence-electron chi connectivity index (χ1n) is 9.75. The van der Waals surface area contributed by atoms with Crippen molar-refractivity contribution in [1.29, 1.82) is 0 Å². The number of anilines is 1. The van der Waals surface area contributed by atoms with Gasteiger partial charge >= 0.3 is 0 Å². The number of piperazine rings is 1. The molecule has 0 saturated carbocycles. The van der Waals surface area contributed by atoms with E-state index < -0.39 is 0 Å². The van der Waals surface area contributed by atoms with Crippen molar-refractivity contribution in [3.05, 3.63) is 53.3 Å². The van der Waals surface area contributed by atoms with Crippen LogP contribution in [0.1, 0.15) is 12.5 Å². The number of aliphatic imine (C=N–C) groups is 1. The first kappa shape index (κ1) is 23.6. The molecular formula is C20H29ClIN7. The summed E-state index contributed by atoms with van der Waals surface area (Å²) < 4.78 is 0. The van der Waals surface area contributed by atoms with Crippen LogP contribution in [-0.4, -0.2) is 66.6 Å². The zero-order valence-electron chi connectivity index (χ0n) is 16.7. The van der Waals surface area contributed by atoms with Gasteiger partial charge in [-0.05, 0) is 30.7 Å². The van der Waals surface area contributed by atoms with Crippen molar-refractivity contribution in [1.82, 2.24) is 25.5 Å². The van der Waals surface area contributed by atoms with Crippen molar-refractivity contribution in [2.45, 2.75) is 13.5 Å². The van der Waals surface area contributed by atoms with Gasteiger partial charge in [-0.2, -0.15) is 0 Å². The second-order valence-corrected chi connectivity index (χ2v) is 7.06. The van der Waals surface area contributed by atoms with E-state index in [1.165, 1.54) is 0 Å². The Morgan fingerprint density at radius 1 is 1.07 bits per heavy atom. The van der Waals surface area contributed by atoms with Crippen molar-refractivity contribution in [2.24, 2.45) is 4.99 Å². The Morgan fingerprint density at radius 3 is 2.41 bits per heavy atom. The first-order valence-corrected chi connectivity index (χ1v) is 10.1.